The number of hydrogen-bond acceptors (Lipinski definition) is 3. The van der Waals surface area contributed by atoms with Gasteiger partial charge in [0.1, 0.15) is 5.82 Å². The molecule has 1 aromatic rings. The van der Waals surface area contributed by atoms with Gasteiger partial charge in [0.2, 0.25) is 0 Å². The van der Waals surface area contributed by atoms with Crippen LogP contribution in [0.3, 0.4) is 0 Å². The molecule has 0 aromatic heterocycles. The molecule has 6 nitrogen and oxygen atoms in total. The van der Waals surface area contributed by atoms with E-state index in [9.17, 15) is 14.0 Å². The Morgan fingerprint density at radius 3 is 2.71 bits per heavy atom. The molecule has 2 unspecified atom stereocenters. The fraction of sp³-hybridized carbons (Fsp3) is 0.429. The molecule has 1 fully saturated rings. The first-order chi connectivity index (χ1) is 9.82. The average Bonchev–Trinajstić information content (AvgIpc) is 2.71. The Kier molecular flexibility index (Phi) is 4.13. The predicted molar refractivity (Wildman–Crippen MR) is 73.9 cm³/mol. The van der Waals surface area contributed by atoms with E-state index in [1.807, 2.05) is 13.8 Å². The number of carbonyl (C=O) groups is 2. The highest BCUT2D eigenvalue weighted by Crippen LogP contribution is 2.25. The first-order valence-electron chi connectivity index (χ1n) is 6.55. The van der Waals surface area contributed by atoms with E-state index < -0.39 is 23.4 Å². The summed E-state index contributed by atoms with van der Waals surface area (Å²) in [6.45, 7) is 4.27. The second-order valence-electron chi connectivity index (χ2n) is 5.26. The van der Waals surface area contributed by atoms with Gasteiger partial charge >= 0.3 is 12.0 Å². The molecule has 114 valence electrons. The number of hydrogen-bond donors (Lipinski definition) is 3. The van der Waals surface area contributed by atoms with E-state index in [1.54, 1.807) is 0 Å². The number of nitrogens with one attached hydrogen (secondary N) is 2. The van der Waals surface area contributed by atoms with Crippen molar-refractivity contribution in [1.82, 2.24) is 5.32 Å². The van der Waals surface area contributed by atoms with Gasteiger partial charge in [0.25, 0.3) is 0 Å². The first-order valence-corrected chi connectivity index (χ1v) is 6.55. The lowest BCUT2D eigenvalue weighted by Crippen LogP contribution is -2.52. The lowest BCUT2D eigenvalue weighted by atomic mass is 9.95. The second-order valence-corrected chi connectivity index (χ2v) is 5.26. The maximum atomic E-state index is 13.7. The van der Waals surface area contributed by atoms with Crippen molar-refractivity contribution in [2.75, 3.05) is 11.9 Å². The van der Waals surface area contributed by atoms with E-state index in [2.05, 4.69) is 10.6 Å². The summed E-state index contributed by atoms with van der Waals surface area (Å²) in [6.07, 6.45) is 0.532. The summed E-state index contributed by atoms with van der Waals surface area (Å²) in [5, 5.41) is 13.9. The monoisotopic (exact) mass is 296 g/mol. The zero-order chi connectivity index (χ0) is 15.6. The summed E-state index contributed by atoms with van der Waals surface area (Å²) in [7, 11) is 0. The van der Waals surface area contributed by atoms with E-state index in [0.717, 1.165) is 6.07 Å². The number of amides is 2. The molecule has 1 aliphatic heterocycles. The van der Waals surface area contributed by atoms with E-state index in [0.29, 0.717) is 13.0 Å². The summed E-state index contributed by atoms with van der Waals surface area (Å²) in [4.78, 5) is 22.6. The number of carboxylic acids is 1. The van der Waals surface area contributed by atoms with Crippen LogP contribution in [-0.4, -0.2) is 35.4 Å². The smallest absolute Gasteiger partial charge is 0.335 e. The van der Waals surface area contributed by atoms with Crippen molar-refractivity contribution >= 4 is 17.7 Å². The molecule has 0 saturated carbocycles. The van der Waals surface area contributed by atoms with Gasteiger partial charge in [0.05, 0.1) is 22.9 Å². The normalized spacial score (nSPS) is 24.6. The van der Waals surface area contributed by atoms with Crippen molar-refractivity contribution in [2.24, 2.45) is 0 Å². The van der Waals surface area contributed by atoms with Crippen LogP contribution in [-0.2, 0) is 4.74 Å². The van der Waals surface area contributed by atoms with E-state index in [4.69, 9.17) is 9.84 Å². The molecule has 1 aliphatic rings. The molecule has 0 aliphatic carbocycles. The third-order valence-corrected chi connectivity index (χ3v) is 3.75. The Bertz CT molecular complexity index is 578. The van der Waals surface area contributed by atoms with Crippen LogP contribution in [0.15, 0.2) is 18.2 Å². The van der Waals surface area contributed by atoms with Crippen molar-refractivity contribution in [3.63, 3.8) is 0 Å². The van der Waals surface area contributed by atoms with Crippen LogP contribution in [0.4, 0.5) is 14.9 Å². The summed E-state index contributed by atoms with van der Waals surface area (Å²) >= 11 is 0. The Hall–Kier alpha value is -2.15. The van der Waals surface area contributed by atoms with Gasteiger partial charge in [0, 0.05) is 6.61 Å². The Labute approximate surface area is 121 Å². The van der Waals surface area contributed by atoms with Crippen molar-refractivity contribution in [2.45, 2.75) is 31.9 Å². The summed E-state index contributed by atoms with van der Waals surface area (Å²) in [6, 6.07) is 2.75. The molecule has 7 heteroatoms. The summed E-state index contributed by atoms with van der Waals surface area (Å²) in [5.41, 5.74) is -0.766. The Balaban J connectivity index is 2.05. The summed E-state index contributed by atoms with van der Waals surface area (Å²) in [5.74, 6) is -2.03. The highest BCUT2D eigenvalue weighted by Gasteiger charge is 2.38. The minimum atomic E-state index is -1.23. The Morgan fingerprint density at radius 1 is 1.48 bits per heavy atom. The number of ether oxygens (including phenoxy) is 1. The molecular formula is C14H17FN2O4. The van der Waals surface area contributed by atoms with E-state index in [-0.39, 0.29) is 17.4 Å². The van der Waals surface area contributed by atoms with Gasteiger partial charge in [-0.15, -0.1) is 0 Å². The van der Waals surface area contributed by atoms with Crippen LogP contribution in [0.25, 0.3) is 0 Å². The Morgan fingerprint density at radius 2 is 2.19 bits per heavy atom. The second kappa shape index (κ2) is 5.69. The maximum Gasteiger partial charge on any atom is 0.335 e. The van der Waals surface area contributed by atoms with Gasteiger partial charge in [-0.2, -0.15) is 0 Å². The standard InChI is InChI=1S/C14H17FN2O4/c1-8-14(2,5-6-21-8)17-13(20)16-11-4-3-9(12(18)19)7-10(11)15/h3-4,7-8H,5-6H2,1-2H3,(H,18,19)(H2,16,17,20). The van der Waals surface area contributed by atoms with E-state index >= 15 is 0 Å². The van der Waals surface area contributed by atoms with Crippen molar-refractivity contribution in [3.05, 3.63) is 29.6 Å². The lowest BCUT2D eigenvalue weighted by Gasteiger charge is -2.28. The third-order valence-electron chi connectivity index (χ3n) is 3.75. The van der Waals surface area contributed by atoms with Gasteiger partial charge in [0.15, 0.2) is 0 Å². The average molecular weight is 296 g/mol. The van der Waals surface area contributed by atoms with Crippen molar-refractivity contribution in [1.29, 1.82) is 0 Å². The van der Waals surface area contributed by atoms with Gasteiger partial charge in [-0.3, -0.25) is 0 Å². The maximum absolute atomic E-state index is 13.7. The molecule has 0 bridgehead atoms. The fourth-order valence-corrected chi connectivity index (χ4v) is 2.16. The SMILES string of the molecule is CC1OCCC1(C)NC(=O)Nc1ccc(C(=O)O)cc1F. The number of rotatable bonds is 3. The van der Waals surface area contributed by atoms with Crippen molar-refractivity contribution in [3.8, 4) is 0 Å². The van der Waals surface area contributed by atoms with Crippen LogP contribution in [0.5, 0.6) is 0 Å². The van der Waals surface area contributed by atoms with Crippen LogP contribution >= 0.6 is 0 Å². The number of aromatic carboxylic acids is 1. The predicted octanol–water partition coefficient (Wildman–Crippen LogP) is 2.21. The molecule has 1 saturated heterocycles. The first kappa shape index (κ1) is 15.2. The molecule has 0 spiro atoms. The highest BCUT2D eigenvalue weighted by atomic mass is 19.1. The zero-order valence-corrected chi connectivity index (χ0v) is 11.8. The zero-order valence-electron chi connectivity index (χ0n) is 11.8. The van der Waals surface area contributed by atoms with Gasteiger partial charge in [-0.1, -0.05) is 0 Å². The molecule has 2 rings (SSSR count). The van der Waals surface area contributed by atoms with Crippen LogP contribution in [0, 0.1) is 5.82 Å². The van der Waals surface area contributed by atoms with Gasteiger partial charge in [-0.05, 0) is 38.5 Å². The van der Waals surface area contributed by atoms with Gasteiger partial charge < -0.3 is 20.5 Å². The molecule has 21 heavy (non-hydrogen) atoms. The molecule has 1 aromatic carbocycles. The number of anilines is 1. The number of carboxylic acid groups (broad SMARTS) is 1. The fourth-order valence-electron chi connectivity index (χ4n) is 2.16. The van der Waals surface area contributed by atoms with Crippen LogP contribution in [0.2, 0.25) is 0 Å². The van der Waals surface area contributed by atoms with Gasteiger partial charge in [-0.25, -0.2) is 14.0 Å². The minimum Gasteiger partial charge on any atom is -0.478 e. The highest BCUT2D eigenvalue weighted by molar-refractivity contribution is 5.92. The molecule has 2 amide bonds. The van der Waals surface area contributed by atoms with Crippen LogP contribution < -0.4 is 10.6 Å². The summed E-state index contributed by atoms with van der Waals surface area (Å²) < 4.78 is 19.1. The number of halogens is 1. The third kappa shape index (κ3) is 3.30. The molecule has 3 N–H and O–H groups in total. The van der Waals surface area contributed by atoms with Crippen molar-refractivity contribution < 1.29 is 23.8 Å². The molecular weight excluding hydrogens is 279 g/mol. The molecule has 1 heterocycles. The molecule has 0 radical (unpaired) electrons. The number of urea groups is 1. The number of carbonyl (C=O) groups excluding carboxylic acids is 1. The van der Waals surface area contributed by atoms with E-state index in [1.165, 1.54) is 12.1 Å². The largest absolute Gasteiger partial charge is 0.478 e. The molecule has 2 atom stereocenters. The van der Waals surface area contributed by atoms with Crippen LogP contribution in [0.1, 0.15) is 30.6 Å². The minimum absolute atomic E-state index is 0.0762. The lowest BCUT2D eigenvalue weighted by molar-refractivity contribution is 0.0696. The topological polar surface area (TPSA) is 87.7 Å². The quantitative estimate of drug-likeness (QED) is 0.798. The number of benzene rings is 1.